The predicted octanol–water partition coefficient (Wildman–Crippen LogP) is 3.18. The van der Waals surface area contributed by atoms with Crippen molar-refractivity contribution in [2.75, 3.05) is 6.54 Å². The number of H-pyrrole nitrogens is 1. The summed E-state index contributed by atoms with van der Waals surface area (Å²) in [6.45, 7) is 0.350. The van der Waals surface area contributed by atoms with Crippen LogP contribution in [-0.4, -0.2) is 22.5 Å². The third-order valence-electron chi connectivity index (χ3n) is 2.86. The van der Waals surface area contributed by atoms with Crippen molar-refractivity contribution in [2.45, 2.75) is 12.5 Å². The Labute approximate surface area is 126 Å². The van der Waals surface area contributed by atoms with Crippen molar-refractivity contribution in [1.29, 1.82) is 0 Å². The van der Waals surface area contributed by atoms with Crippen LogP contribution in [0.1, 0.15) is 28.6 Å². The number of amides is 1. The van der Waals surface area contributed by atoms with E-state index in [2.05, 4.69) is 10.3 Å². The molecule has 0 radical (unpaired) electrons. The smallest absolute Gasteiger partial charge is 0.267 e. The largest absolute Gasteiger partial charge is 0.388 e. The van der Waals surface area contributed by atoms with Crippen LogP contribution in [0.15, 0.2) is 36.4 Å². The summed E-state index contributed by atoms with van der Waals surface area (Å²) >= 11 is 11.5. The number of aliphatic hydroxyl groups is 1. The number of benzene rings is 1. The second-order valence-electron chi connectivity index (χ2n) is 4.32. The van der Waals surface area contributed by atoms with Gasteiger partial charge in [-0.15, -0.1) is 0 Å². The summed E-state index contributed by atoms with van der Waals surface area (Å²) in [5.41, 5.74) is 1.13. The van der Waals surface area contributed by atoms with Crippen LogP contribution in [0.5, 0.6) is 0 Å². The Morgan fingerprint density at radius 3 is 2.60 bits per heavy atom. The summed E-state index contributed by atoms with van der Waals surface area (Å²) in [5.74, 6) is -0.306. The van der Waals surface area contributed by atoms with E-state index < -0.39 is 6.10 Å². The van der Waals surface area contributed by atoms with E-state index in [1.807, 2.05) is 30.3 Å². The van der Waals surface area contributed by atoms with E-state index in [1.54, 1.807) is 0 Å². The third-order valence-corrected chi connectivity index (χ3v) is 3.55. The number of carbonyl (C=O) groups excluding carboxylic acids is 1. The summed E-state index contributed by atoms with van der Waals surface area (Å²) in [6, 6.07) is 10.8. The highest BCUT2D eigenvalue weighted by molar-refractivity contribution is 6.41. The number of rotatable bonds is 5. The quantitative estimate of drug-likeness (QED) is 0.794. The van der Waals surface area contributed by atoms with Gasteiger partial charge in [0.05, 0.1) is 11.1 Å². The van der Waals surface area contributed by atoms with Crippen LogP contribution in [0.25, 0.3) is 0 Å². The summed E-state index contributed by atoms with van der Waals surface area (Å²) in [5, 5.41) is 13.2. The Morgan fingerprint density at radius 2 is 2.00 bits per heavy atom. The average molecular weight is 313 g/mol. The monoisotopic (exact) mass is 312 g/mol. The fourth-order valence-electron chi connectivity index (χ4n) is 1.79. The predicted molar refractivity (Wildman–Crippen MR) is 79.2 cm³/mol. The Balaban J connectivity index is 1.82. The number of aromatic amines is 1. The minimum absolute atomic E-state index is 0.237. The molecule has 6 heteroatoms. The summed E-state index contributed by atoms with van der Waals surface area (Å²) in [6.07, 6.45) is -0.176. The molecule has 1 atom stereocenters. The zero-order valence-electron chi connectivity index (χ0n) is 10.6. The molecule has 2 aromatic rings. The number of halogens is 2. The van der Waals surface area contributed by atoms with Gasteiger partial charge in [-0.1, -0.05) is 53.5 Å². The number of hydrogen-bond acceptors (Lipinski definition) is 2. The lowest BCUT2D eigenvalue weighted by Crippen LogP contribution is -2.25. The Bertz CT molecular complexity index is 565. The molecule has 0 fully saturated rings. The van der Waals surface area contributed by atoms with Crippen LogP contribution in [0.2, 0.25) is 10.2 Å². The van der Waals surface area contributed by atoms with Gasteiger partial charge in [-0.05, 0) is 18.1 Å². The normalized spacial score (nSPS) is 12.2. The van der Waals surface area contributed by atoms with Gasteiger partial charge >= 0.3 is 0 Å². The molecule has 106 valence electrons. The first kappa shape index (κ1) is 14.9. The molecule has 1 heterocycles. The Kier molecular flexibility index (Phi) is 5.06. The molecule has 1 unspecified atom stereocenters. The molecule has 3 N–H and O–H groups in total. The molecule has 4 nitrogen and oxygen atoms in total. The van der Waals surface area contributed by atoms with E-state index in [1.165, 1.54) is 6.07 Å². The van der Waals surface area contributed by atoms with Gasteiger partial charge in [0.25, 0.3) is 5.91 Å². The van der Waals surface area contributed by atoms with E-state index >= 15 is 0 Å². The maximum atomic E-state index is 11.8. The number of nitrogens with one attached hydrogen (secondary N) is 2. The summed E-state index contributed by atoms with van der Waals surface area (Å²) < 4.78 is 0. The second kappa shape index (κ2) is 6.79. The zero-order valence-corrected chi connectivity index (χ0v) is 12.1. The first-order valence-electron chi connectivity index (χ1n) is 6.13. The van der Waals surface area contributed by atoms with Crippen molar-refractivity contribution < 1.29 is 9.90 Å². The molecule has 20 heavy (non-hydrogen) atoms. The molecule has 1 aromatic carbocycles. The number of carbonyl (C=O) groups is 1. The molecule has 0 saturated carbocycles. The van der Waals surface area contributed by atoms with Gasteiger partial charge in [-0.2, -0.15) is 0 Å². The highest BCUT2D eigenvalue weighted by Gasteiger charge is 2.12. The van der Waals surface area contributed by atoms with E-state index in [-0.39, 0.29) is 11.1 Å². The van der Waals surface area contributed by atoms with Crippen LogP contribution in [0.3, 0.4) is 0 Å². The van der Waals surface area contributed by atoms with Crippen LogP contribution >= 0.6 is 23.2 Å². The molecule has 0 aliphatic heterocycles. The molecule has 0 spiro atoms. The summed E-state index contributed by atoms with van der Waals surface area (Å²) in [4.78, 5) is 14.5. The second-order valence-corrected chi connectivity index (χ2v) is 5.10. The lowest BCUT2D eigenvalue weighted by molar-refractivity contribution is 0.0938. The van der Waals surface area contributed by atoms with Crippen molar-refractivity contribution in [2.24, 2.45) is 0 Å². The molecule has 2 rings (SSSR count). The first-order valence-corrected chi connectivity index (χ1v) is 6.88. The molecule has 1 amide bonds. The lowest BCUT2D eigenvalue weighted by Gasteiger charge is -2.11. The van der Waals surface area contributed by atoms with E-state index in [0.717, 1.165) is 5.56 Å². The van der Waals surface area contributed by atoms with Gasteiger partial charge in [-0.3, -0.25) is 4.79 Å². The van der Waals surface area contributed by atoms with E-state index in [9.17, 15) is 9.90 Å². The standard InChI is InChI=1S/C14H14Cl2N2O2/c15-10-8-11(18-13(10)16)14(20)17-7-6-12(19)9-4-2-1-3-5-9/h1-5,8,12,18-19H,6-7H2,(H,17,20). The van der Waals surface area contributed by atoms with Crippen LogP contribution < -0.4 is 5.32 Å². The van der Waals surface area contributed by atoms with Gasteiger partial charge < -0.3 is 15.4 Å². The zero-order chi connectivity index (χ0) is 14.5. The van der Waals surface area contributed by atoms with Crippen molar-refractivity contribution in [1.82, 2.24) is 10.3 Å². The lowest BCUT2D eigenvalue weighted by atomic mass is 10.1. The first-order chi connectivity index (χ1) is 9.58. The highest BCUT2D eigenvalue weighted by atomic mass is 35.5. The van der Waals surface area contributed by atoms with Crippen molar-refractivity contribution in [3.05, 3.63) is 57.8 Å². The molecule has 0 saturated heterocycles. The summed E-state index contributed by atoms with van der Waals surface area (Å²) in [7, 11) is 0. The van der Waals surface area contributed by atoms with Crippen molar-refractivity contribution in [3.63, 3.8) is 0 Å². The van der Waals surface area contributed by atoms with Gasteiger partial charge in [0.15, 0.2) is 0 Å². The van der Waals surface area contributed by atoms with Crippen LogP contribution in [-0.2, 0) is 0 Å². The molecule has 0 aliphatic rings. The number of hydrogen-bond donors (Lipinski definition) is 3. The number of aromatic nitrogens is 1. The van der Waals surface area contributed by atoms with Gasteiger partial charge in [0, 0.05) is 6.54 Å². The maximum Gasteiger partial charge on any atom is 0.267 e. The molecule has 0 aliphatic carbocycles. The van der Waals surface area contributed by atoms with Crippen LogP contribution in [0.4, 0.5) is 0 Å². The topological polar surface area (TPSA) is 65.1 Å². The molecular weight excluding hydrogens is 299 g/mol. The van der Waals surface area contributed by atoms with Gasteiger partial charge in [0.2, 0.25) is 0 Å². The number of aliphatic hydroxyl groups excluding tert-OH is 1. The van der Waals surface area contributed by atoms with Crippen molar-refractivity contribution in [3.8, 4) is 0 Å². The Morgan fingerprint density at radius 1 is 1.30 bits per heavy atom. The molecule has 1 aromatic heterocycles. The van der Waals surface area contributed by atoms with E-state index in [4.69, 9.17) is 23.2 Å². The van der Waals surface area contributed by atoms with Gasteiger partial charge in [-0.25, -0.2) is 0 Å². The Hall–Kier alpha value is -1.49. The van der Waals surface area contributed by atoms with E-state index in [0.29, 0.717) is 23.7 Å². The minimum Gasteiger partial charge on any atom is -0.388 e. The molecular formula is C14H14Cl2N2O2. The fourth-order valence-corrected chi connectivity index (χ4v) is 2.10. The third kappa shape index (κ3) is 3.76. The highest BCUT2D eigenvalue weighted by Crippen LogP contribution is 2.21. The SMILES string of the molecule is O=C(NCCC(O)c1ccccc1)c1cc(Cl)c(Cl)[nH]1. The maximum absolute atomic E-state index is 11.8. The van der Waals surface area contributed by atoms with Gasteiger partial charge in [0.1, 0.15) is 10.8 Å². The van der Waals surface area contributed by atoms with Crippen LogP contribution in [0, 0.1) is 0 Å². The van der Waals surface area contributed by atoms with Crippen molar-refractivity contribution >= 4 is 29.1 Å². The molecule has 0 bridgehead atoms. The fraction of sp³-hybridized carbons (Fsp3) is 0.214. The average Bonchev–Trinajstić information content (AvgIpc) is 2.79. The minimum atomic E-state index is -0.604.